The average molecular weight is 695 g/mol. The molecule has 1 heterocycles. The van der Waals surface area contributed by atoms with Gasteiger partial charge in [0, 0.05) is 20.0 Å². The highest BCUT2D eigenvalue weighted by atomic mass is 32.3. The zero-order chi connectivity index (χ0) is 34.8. The molecule has 0 bridgehead atoms. The van der Waals surface area contributed by atoms with Crippen LogP contribution in [0.5, 0.6) is 0 Å². The predicted octanol–water partition coefficient (Wildman–Crippen LogP) is 7.76. The molecule has 11 nitrogen and oxygen atoms in total. The molecule has 5 atom stereocenters. The molecule has 0 aliphatic carbocycles. The molecule has 1 fully saturated rings. The summed E-state index contributed by atoms with van der Waals surface area (Å²) in [5.41, 5.74) is 0. The van der Waals surface area contributed by atoms with E-state index in [9.17, 15) is 23.1 Å². The minimum atomic E-state index is -4.85. The zero-order valence-corrected chi connectivity index (χ0v) is 30.4. The highest BCUT2D eigenvalue weighted by Crippen LogP contribution is 2.28. The van der Waals surface area contributed by atoms with E-state index < -0.39 is 59.7 Å². The third kappa shape index (κ3) is 22.1. The van der Waals surface area contributed by atoms with Gasteiger partial charge >= 0.3 is 22.3 Å². The van der Waals surface area contributed by atoms with E-state index in [0.717, 1.165) is 38.5 Å². The van der Waals surface area contributed by atoms with Crippen molar-refractivity contribution in [2.75, 3.05) is 13.7 Å². The molecule has 1 saturated heterocycles. The minimum absolute atomic E-state index is 0.0998. The number of hydrogen-bond acceptors (Lipinski definition) is 10. The number of carbonyl (C=O) groups excluding carboxylic acids is 2. The summed E-state index contributed by atoms with van der Waals surface area (Å²) in [7, 11) is -3.59. The van der Waals surface area contributed by atoms with Crippen molar-refractivity contribution in [1.82, 2.24) is 0 Å². The fourth-order valence-electron chi connectivity index (χ4n) is 5.94. The summed E-state index contributed by atoms with van der Waals surface area (Å²) in [6.45, 7) is 3.68. The van der Waals surface area contributed by atoms with Gasteiger partial charge in [-0.3, -0.25) is 14.1 Å². The molecule has 0 spiro atoms. The second kappa shape index (κ2) is 27.5. The van der Waals surface area contributed by atoms with E-state index in [2.05, 4.69) is 18.0 Å². The van der Waals surface area contributed by atoms with Gasteiger partial charge < -0.3 is 24.1 Å². The molecule has 0 radical (unpaired) electrons. The Bertz CT molecular complexity index is 898. The van der Waals surface area contributed by atoms with Crippen LogP contribution >= 0.6 is 0 Å². The monoisotopic (exact) mass is 694 g/mol. The first kappa shape index (κ1) is 43.7. The maximum Gasteiger partial charge on any atom is 0.397 e. The van der Waals surface area contributed by atoms with Crippen molar-refractivity contribution < 1.29 is 50.8 Å². The van der Waals surface area contributed by atoms with Crippen LogP contribution in [0.3, 0.4) is 0 Å². The quantitative estimate of drug-likeness (QED) is 0.0430. The van der Waals surface area contributed by atoms with E-state index in [4.69, 9.17) is 23.5 Å². The maximum absolute atomic E-state index is 12.9. The van der Waals surface area contributed by atoms with Crippen molar-refractivity contribution in [3.63, 3.8) is 0 Å². The summed E-state index contributed by atoms with van der Waals surface area (Å²) >= 11 is 0. The molecule has 278 valence electrons. The van der Waals surface area contributed by atoms with Crippen LogP contribution in [-0.2, 0) is 43.1 Å². The molecule has 1 aliphatic heterocycles. The summed E-state index contributed by atoms with van der Waals surface area (Å²) in [6, 6.07) is 0. The van der Waals surface area contributed by atoms with Crippen LogP contribution in [0.2, 0.25) is 0 Å². The first-order valence-electron chi connectivity index (χ1n) is 18.5. The van der Waals surface area contributed by atoms with E-state index in [0.29, 0.717) is 12.8 Å². The minimum Gasteiger partial charge on any atom is -0.455 e. The van der Waals surface area contributed by atoms with Gasteiger partial charge in [-0.1, -0.05) is 142 Å². The van der Waals surface area contributed by atoms with Gasteiger partial charge in [0.2, 0.25) is 0 Å². The summed E-state index contributed by atoms with van der Waals surface area (Å²) in [5.74, 6) is -1.18. The molecule has 0 unspecified atom stereocenters. The first-order valence-corrected chi connectivity index (χ1v) is 19.9. The van der Waals surface area contributed by atoms with Gasteiger partial charge in [-0.15, -0.1) is 0 Å². The van der Waals surface area contributed by atoms with Gasteiger partial charge in [-0.25, -0.2) is 4.18 Å². The van der Waals surface area contributed by atoms with Crippen molar-refractivity contribution in [3.05, 3.63) is 0 Å². The maximum atomic E-state index is 12.9. The predicted molar refractivity (Wildman–Crippen MR) is 181 cm³/mol. The van der Waals surface area contributed by atoms with Crippen LogP contribution in [0.1, 0.15) is 168 Å². The topological polar surface area (TPSA) is 155 Å². The van der Waals surface area contributed by atoms with Crippen LogP contribution in [0, 0.1) is 0 Å². The van der Waals surface area contributed by atoms with Gasteiger partial charge in [0.15, 0.2) is 18.5 Å². The van der Waals surface area contributed by atoms with E-state index >= 15 is 0 Å². The Morgan fingerprint density at radius 3 is 1.34 bits per heavy atom. The summed E-state index contributed by atoms with van der Waals surface area (Å²) in [6.07, 6.45) is 18.1. The first-order chi connectivity index (χ1) is 22.6. The molecular formula is C35H66O11S. The number of esters is 2. The highest BCUT2D eigenvalue weighted by molar-refractivity contribution is 7.80. The zero-order valence-electron chi connectivity index (χ0n) is 29.5. The lowest BCUT2D eigenvalue weighted by Gasteiger charge is -2.42. The lowest BCUT2D eigenvalue weighted by molar-refractivity contribution is -0.298. The van der Waals surface area contributed by atoms with Crippen molar-refractivity contribution in [3.8, 4) is 0 Å². The van der Waals surface area contributed by atoms with Crippen LogP contribution in [0.4, 0.5) is 0 Å². The molecule has 12 heteroatoms. The molecule has 1 aliphatic rings. The number of unbranched alkanes of at least 4 members (excludes halogenated alkanes) is 20. The Morgan fingerprint density at radius 1 is 0.617 bits per heavy atom. The molecule has 0 saturated carbocycles. The van der Waals surface area contributed by atoms with E-state index in [1.807, 2.05) is 0 Å². The SMILES string of the molecule is CCCCCCCCCCCCCC(=O)O[C@@H]1[C@@H](O)[C@@H](OC)O[C@H](COS(=O)(=O)O)[C@H]1OC(=O)CCCCCCCCCCCCC. The largest absolute Gasteiger partial charge is 0.455 e. The number of aliphatic hydroxyl groups excluding tert-OH is 1. The molecule has 2 N–H and O–H groups in total. The standard InChI is InChI=1S/C35H66O11S/c1-4-6-8-10-12-14-16-18-20-22-24-26-30(36)45-33-29(28-43-47(39,40)41)44-35(42-3)32(38)34(33)46-31(37)27-25-23-21-19-17-15-13-11-9-7-5-2/h29,32-35,38H,4-28H2,1-3H3,(H,39,40,41)/t29-,32-,33-,34-,35+/m1/s1. The smallest absolute Gasteiger partial charge is 0.397 e. The van der Waals surface area contributed by atoms with E-state index in [-0.39, 0.29) is 12.8 Å². The fraction of sp³-hybridized carbons (Fsp3) is 0.943. The van der Waals surface area contributed by atoms with Gasteiger partial charge in [-0.05, 0) is 12.8 Å². The van der Waals surface area contributed by atoms with E-state index in [1.54, 1.807) is 0 Å². The van der Waals surface area contributed by atoms with Crippen molar-refractivity contribution in [1.29, 1.82) is 0 Å². The van der Waals surface area contributed by atoms with Gasteiger partial charge in [0.25, 0.3) is 0 Å². The fourth-order valence-corrected chi connectivity index (χ4v) is 6.25. The second-order valence-electron chi connectivity index (χ2n) is 13.0. The molecule has 0 aromatic rings. The summed E-state index contributed by atoms with van der Waals surface area (Å²) in [4.78, 5) is 25.7. The lowest BCUT2D eigenvalue weighted by atomic mass is 9.98. The lowest BCUT2D eigenvalue weighted by Crippen LogP contribution is -2.61. The van der Waals surface area contributed by atoms with Crippen molar-refractivity contribution in [2.24, 2.45) is 0 Å². The summed E-state index contributed by atoms with van der Waals surface area (Å²) in [5, 5.41) is 10.9. The number of hydrogen-bond donors (Lipinski definition) is 2. The normalized spacial score (nSPS) is 21.5. The number of rotatable bonds is 30. The number of aliphatic hydroxyl groups is 1. The van der Waals surface area contributed by atoms with Crippen LogP contribution in [0.15, 0.2) is 0 Å². The van der Waals surface area contributed by atoms with Gasteiger partial charge in [-0.2, -0.15) is 8.42 Å². The molecule has 47 heavy (non-hydrogen) atoms. The van der Waals surface area contributed by atoms with Gasteiger partial charge in [0.1, 0.15) is 12.2 Å². The van der Waals surface area contributed by atoms with Crippen molar-refractivity contribution >= 4 is 22.3 Å². The Balaban J connectivity index is 2.60. The number of methoxy groups -OCH3 is 1. The Labute approximate surface area is 285 Å². The van der Waals surface area contributed by atoms with Crippen LogP contribution < -0.4 is 0 Å². The molecule has 0 amide bonds. The Morgan fingerprint density at radius 2 is 0.979 bits per heavy atom. The number of carbonyl (C=O) groups is 2. The Hall–Kier alpha value is -1.31. The molecule has 0 aromatic heterocycles. The summed E-state index contributed by atoms with van der Waals surface area (Å²) < 4.78 is 58.3. The number of ether oxygens (including phenoxy) is 4. The third-order valence-corrected chi connectivity index (χ3v) is 9.17. The highest BCUT2D eigenvalue weighted by Gasteiger charge is 2.50. The van der Waals surface area contributed by atoms with Crippen LogP contribution in [0.25, 0.3) is 0 Å². The average Bonchev–Trinajstić information content (AvgIpc) is 3.03. The van der Waals surface area contributed by atoms with Crippen LogP contribution in [-0.4, -0.2) is 74.4 Å². The second-order valence-corrected chi connectivity index (χ2v) is 14.1. The molecular weight excluding hydrogens is 628 g/mol. The molecule has 0 aromatic carbocycles. The van der Waals surface area contributed by atoms with Crippen molar-refractivity contribution in [2.45, 2.75) is 199 Å². The van der Waals surface area contributed by atoms with Gasteiger partial charge in [0.05, 0.1) is 6.61 Å². The Kier molecular flexibility index (Phi) is 25.6. The van der Waals surface area contributed by atoms with E-state index in [1.165, 1.54) is 97.0 Å². The third-order valence-electron chi connectivity index (χ3n) is 8.73. The molecule has 1 rings (SSSR count).